The summed E-state index contributed by atoms with van der Waals surface area (Å²) in [6.07, 6.45) is 5.98. The molecular weight excluding hydrogens is 820 g/mol. The van der Waals surface area contributed by atoms with Gasteiger partial charge in [-0.25, -0.2) is 4.98 Å². The number of imidazole rings is 1. The van der Waals surface area contributed by atoms with Crippen LogP contribution in [0, 0.1) is 26.0 Å². The first-order chi connectivity index (χ1) is 24.8. The summed E-state index contributed by atoms with van der Waals surface area (Å²) in [6, 6.07) is 41.3. The van der Waals surface area contributed by atoms with E-state index in [1.807, 2.05) is 18.3 Å². The van der Waals surface area contributed by atoms with Crippen molar-refractivity contribution in [2.24, 2.45) is 0 Å². The summed E-state index contributed by atoms with van der Waals surface area (Å²) in [5, 5.41) is 2.24. The minimum absolute atomic E-state index is 0. The number of ether oxygens (including phenoxy) is 1. The molecule has 10 rings (SSSR count). The molecule has 0 spiro atoms. The van der Waals surface area contributed by atoms with Crippen LogP contribution < -0.4 is 15.0 Å². The van der Waals surface area contributed by atoms with Gasteiger partial charge in [0.05, 0.1) is 0 Å². The topological polar surface area (TPSA) is 48.1 Å². The van der Waals surface area contributed by atoms with Crippen LogP contribution in [0.15, 0.2) is 116 Å². The summed E-state index contributed by atoms with van der Waals surface area (Å²) in [4.78, 5) is 12.2. The number of hydrogen-bond acceptors (Lipinski definition) is 4. The molecule has 1 aliphatic heterocycles. The van der Waals surface area contributed by atoms with Crippen molar-refractivity contribution >= 4 is 39.9 Å². The van der Waals surface area contributed by atoms with Crippen LogP contribution >= 0.6 is 0 Å². The van der Waals surface area contributed by atoms with Gasteiger partial charge in [0.25, 0.3) is 0 Å². The van der Waals surface area contributed by atoms with Gasteiger partial charge < -0.3 is 18.6 Å². The van der Waals surface area contributed by atoms with Gasteiger partial charge in [-0.2, -0.15) is 6.07 Å². The molecule has 1 aliphatic carbocycles. The van der Waals surface area contributed by atoms with Gasteiger partial charge in [-0.15, -0.1) is 23.6 Å². The molecule has 4 heterocycles. The van der Waals surface area contributed by atoms with Crippen molar-refractivity contribution in [3.63, 3.8) is 0 Å². The molecule has 8 aromatic rings. The third kappa shape index (κ3) is 4.61. The summed E-state index contributed by atoms with van der Waals surface area (Å²) >= 11 is 0. The number of para-hydroxylation sites is 1. The number of pyridine rings is 1. The zero-order valence-corrected chi connectivity index (χ0v) is 31.8. The van der Waals surface area contributed by atoms with E-state index in [0.29, 0.717) is 11.5 Å². The first-order valence-electron chi connectivity index (χ1n) is 17.4. The van der Waals surface area contributed by atoms with Crippen LogP contribution in [0.1, 0.15) is 36.1 Å². The van der Waals surface area contributed by atoms with E-state index in [-0.39, 0.29) is 33.5 Å². The maximum atomic E-state index is 6.56. The molecule has 0 fully saturated rings. The fraction of sp³-hybridized carbons (Fsp3) is 0.136. The Bertz CT molecular complexity index is 2710. The van der Waals surface area contributed by atoms with Crippen LogP contribution in [0.25, 0.3) is 50.1 Å². The summed E-state index contributed by atoms with van der Waals surface area (Å²) < 4.78 is 11.0. The third-order valence-electron chi connectivity index (χ3n) is 11.1. The minimum Gasteiger partial charge on any atom is -0.503 e. The van der Waals surface area contributed by atoms with Crippen molar-refractivity contribution in [1.29, 1.82) is 0 Å². The predicted octanol–water partition coefficient (Wildman–Crippen LogP) is 9.05. The smallest absolute Gasteiger partial charge is 0.503 e. The zero-order chi connectivity index (χ0) is 34.6. The summed E-state index contributed by atoms with van der Waals surface area (Å²) in [6.45, 7) is 8.91. The molecule has 254 valence electrons. The first-order valence-corrected chi connectivity index (χ1v) is 17.4. The summed E-state index contributed by atoms with van der Waals surface area (Å²) in [7, 11) is 2.14. The molecule has 3 aromatic heterocycles. The molecule has 0 bridgehead atoms. The summed E-state index contributed by atoms with van der Waals surface area (Å²) in [5.74, 6) is 2.94. The van der Waals surface area contributed by atoms with E-state index in [2.05, 4.69) is 158 Å². The van der Waals surface area contributed by atoms with E-state index in [1.165, 1.54) is 38.8 Å². The number of hydrogen-bond donors (Lipinski definition) is 0. The van der Waals surface area contributed by atoms with Gasteiger partial charge in [0.1, 0.15) is 5.82 Å². The van der Waals surface area contributed by atoms with E-state index in [4.69, 9.17) is 14.7 Å². The monoisotopic (exact) mass is 854 g/mol. The van der Waals surface area contributed by atoms with Gasteiger partial charge in [-0.3, -0.25) is 4.98 Å². The Morgan fingerprint density at radius 3 is 2.35 bits per heavy atom. The maximum absolute atomic E-state index is 6.56. The van der Waals surface area contributed by atoms with Crippen LogP contribution in [0.4, 0.5) is 5.69 Å². The second-order valence-electron chi connectivity index (χ2n) is 14.3. The average molecular weight is 855 g/mol. The normalized spacial score (nSPS) is 13.8. The van der Waals surface area contributed by atoms with Gasteiger partial charge in [0.2, 0.25) is 0 Å². The molecule has 8 heteroatoms. The van der Waals surface area contributed by atoms with E-state index in [1.54, 1.807) is 0 Å². The maximum Gasteiger partial charge on any atom is 2.00 e. The summed E-state index contributed by atoms with van der Waals surface area (Å²) in [5.41, 5.74) is 12.7. The van der Waals surface area contributed by atoms with Crippen molar-refractivity contribution in [2.75, 3.05) is 11.9 Å². The van der Waals surface area contributed by atoms with Gasteiger partial charge in [0.15, 0.2) is 0 Å². The molecule has 0 unspecified atom stereocenters. The molecule has 0 saturated carbocycles. The molecule has 6 nitrogen and oxygen atoms in total. The van der Waals surface area contributed by atoms with Gasteiger partial charge >= 0.3 is 28.0 Å². The van der Waals surface area contributed by atoms with Crippen molar-refractivity contribution in [3.8, 4) is 39.8 Å². The Balaban J connectivity index is 0.00000360. The van der Waals surface area contributed by atoms with Gasteiger partial charge in [-0.05, 0) is 66.1 Å². The van der Waals surface area contributed by atoms with Gasteiger partial charge in [-0.1, -0.05) is 115 Å². The van der Waals surface area contributed by atoms with Crippen molar-refractivity contribution in [2.45, 2.75) is 33.1 Å². The average Bonchev–Trinajstić information content (AvgIpc) is 3.81. The number of anilines is 1. The molecule has 5 aromatic carbocycles. The largest absolute Gasteiger partial charge is 2.00 e. The van der Waals surface area contributed by atoms with E-state index in [0.717, 1.165) is 44.7 Å². The number of rotatable bonds is 4. The molecule has 52 heavy (non-hydrogen) atoms. The van der Waals surface area contributed by atoms with E-state index in [9.17, 15) is 0 Å². The van der Waals surface area contributed by atoms with Crippen LogP contribution in [0.3, 0.4) is 0 Å². The Kier molecular flexibility index (Phi) is 7.40. The standard InChI is InChI=1S/C44H34BN5O.Pt/c1-27-11-10-12-28(2)42(27)45-48(5)38-20-18-29(23-35(38)43-46-21-22-49(43)45)51-30-17-19-33-32-14-7-9-16-39(32)50(40(33)24-30)41-25-34-31-13-6-8-15-36(31)44(3,4)37(34)26-47-41;/h6-22,25-26H,1-5H3;/q-2;+2. The number of nitrogens with zero attached hydrogens (tertiary/aromatic N) is 5. The van der Waals surface area contributed by atoms with Crippen LogP contribution in [-0.4, -0.2) is 33.0 Å². The van der Waals surface area contributed by atoms with Crippen LogP contribution in [0.2, 0.25) is 0 Å². The third-order valence-corrected chi connectivity index (χ3v) is 11.1. The van der Waals surface area contributed by atoms with Gasteiger partial charge in [0, 0.05) is 46.8 Å². The predicted molar refractivity (Wildman–Crippen MR) is 207 cm³/mol. The van der Waals surface area contributed by atoms with Crippen molar-refractivity contribution < 1.29 is 25.8 Å². The minimum atomic E-state index is -0.108. The fourth-order valence-electron chi connectivity index (χ4n) is 8.57. The zero-order valence-electron chi connectivity index (χ0n) is 29.5. The number of benzene rings is 5. The Hall–Kier alpha value is -5.39. The number of aromatic nitrogens is 4. The quantitative estimate of drug-likeness (QED) is 0.131. The molecule has 0 saturated heterocycles. The molecule has 0 radical (unpaired) electrons. The fourth-order valence-corrected chi connectivity index (χ4v) is 8.57. The molecule has 0 atom stereocenters. The van der Waals surface area contributed by atoms with Crippen LogP contribution in [-0.2, 0) is 26.5 Å². The van der Waals surface area contributed by atoms with Crippen LogP contribution in [0.5, 0.6) is 11.5 Å². The second-order valence-corrected chi connectivity index (χ2v) is 14.3. The number of aryl methyl sites for hydroxylation is 2. The van der Waals surface area contributed by atoms with Crippen molar-refractivity contribution in [3.05, 3.63) is 150 Å². The molecule has 0 amide bonds. The Labute approximate surface area is 318 Å². The van der Waals surface area contributed by atoms with E-state index >= 15 is 0 Å². The molecule has 0 N–H and O–H groups in total. The Morgan fingerprint density at radius 2 is 1.50 bits per heavy atom. The second kappa shape index (κ2) is 11.8. The SMILES string of the molecule is Cc1cccc(C)c1B1N(C)c2ccc(Oc3[c-]c4c(cc3)c3ccccc3n4-c3cc4c(cn3)C(C)(C)c3ccccc3-4)[c-]c2-c2nccn21.[Pt+2]. The van der Waals surface area contributed by atoms with E-state index < -0.39 is 0 Å². The Morgan fingerprint density at radius 1 is 0.750 bits per heavy atom. The molecule has 2 aliphatic rings. The van der Waals surface area contributed by atoms with Crippen molar-refractivity contribution in [1.82, 2.24) is 19.0 Å². The number of fused-ring (bicyclic) bond motifs is 9. The molecular formula is C44H34BN5OPt. The first kappa shape index (κ1) is 32.5.